The van der Waals surface area contributed by atoms with E-state index < -0.39 is 66.1 Å². The zero-order chi connectivity index (χ0) is 39.4. The molecule has 0 spiro atoms. The van der Waals surface area contributed by atoms with Gasteiger partial charge in [0, 0.05) is 29.9 Å². The van der Waals surface area contributed by atoms with Gasteiger partial charge < -0.3 is 38.8 Å². The maximum Gasteiger partial charge on any atom is 0.408 e. The summed E-state index contributed by atoms with van der Waals surface area (Å²) in [6, 6.07) is 4.43. The Morgan fingerprint density at radius 1 is 1.11 bits per heavy atom. The maximum absolute atomic E-state index is 14.7. The fourth-order valence-corrected chi connectivity index (χ4v) is 9.71. The molecular weight excluding hydrogens is 714 g/mol. The van der Waals surface area contributed by atoms with Crippen molar-refractivity contribution in [3.8, 4) is 11.5 Å². The lowest BCUT2D eigenvalue weighted by atomic mass is 9.85. The zero-order valence-corrected chi connectivity index (χ0v) is 32.9. The number of likely N-dealkylation sites (tertiary alicyclic amines) is 1. The van der Waals surface area contributed by atoms with Gasteiger partial charge in [0.15, 0.2) is 5.78 Å². The van der Waals surface area contributed by atoms with E-state index in [9.17, 15) is 23.7 Å². The van der Waals surface area contributed by atoms with E-state index in [0.29, 0.717) is 22.4 Å². The molecule has 3 fully saturated rings. The first-order valence-electron chi connectivity index (χ1n) is 18.6. The normalized spacial score (nSPS) is 23.4. The predicted octanol–water partition coefficient (Wildman–Crippen LogP) is 5.73. The zero-order valence-electron chi connectivity index (χ0n) is 32.1. The van der Waals surface area contributed by atoms with E-state index in [2.05, 4.69) is 22.2 Å². The number of ether oxygens (including phenoxy) is 3. The molecule has 0 bridgehead atoms. The molecule has 2 aromatic rings. The van der Waals surface area contributed by atoms with Crippen molar-refractivity contribution < 1.29 is 47.0 Å². The molecule has 1 aromatic carbocycles. The van der Waals surface area contributed by atoms with Gasteiger partial charge in [-0.15, -0.1) is 6.58 Å². The Morgan fingerprint density at radius 3 is 2.37 bits per heavy atom. The van der Waals surface area contributed by atoms with Gasteiger partial charge in [0.25, 0.3) is 0 Å². The smallest absolute Gasteiger partial charge is 0.408 e. The highest BCUT2D eigenvalue weighted by atomic mass is 31.2. The number of nitrogens with zero attached hydrogens (tertiary/aromatic N) is 2. The number of fused-ring (bicyclic) bond motifs is 1. The van der Waals surface area contributed by atoms with Gasteiger partial charge in [-0.05, 0) is 69.8 Å². The molecule has 2 radical (unpaired) electrons. The Bertz CT molecular complexity index is 1790. The monoisotopic (exact) mass is 766 g/mol. The van der Waals surface area contributed by atoms with Crippen molar-refractivity contribution in [2.75, 3.05) is 26.9 Å². The minimum atomic E-state index is -3.89. The second-order valence-corrected chi connectivity index (χ2v) is 17.4. The molecule has 2 saturated carbocycles. The Hall–Kier alpha value is -3.94. The third kappa shape index (κ3) is 8.63. The summed E-state index contributed by atoms with van der Waals surface area (Å²) in [4.78, 5) is 60.9. The number of Topliss-reactive ketones (excluding diaryl/α,β-unsaturated/α-hetero) is 1. The van der Waals surface area contributed by atoms with E-state index in [1.165, 1.54) is 18.1 Å². The van der Waals surface area contributed by atoms with Crippen LogP contribution in [0.1, 0.15) is 83.6 Å². The summed E-state index contributed by atoms with van der Waals surface area (Å²) in [5, 5.41) is 4.94. The van der Waals surface area contributed by atoms with E-state index in [1.807, 2.05) is 20.8 Å². The van der Waals surface area contributed by atoms with Crippen LogP contribution in [-0.4, -0.2) is 97.9 Å². The Labute approximate surface area is 318 Å². The largest absolute Gasteiger partial charge is 0.497 e. The maximum atomic E-state index is 14.7. The first kappa shape index (κ1) is 41.2. The molecule has 16 heteroatoms. The minimum absolute atomic E-state index is 0.0174. The van der Waals surface area contributed by atoms with E-state index in [4.69, 9.17) is 31.1 Å². The van der Waals surface area contributed by atoms with Crippen LogP contribution in [0.3, 0.4) is 0 Å². The topological polar surface area (TPSA) is 172 Å². The number of aromatic nitrogens is 1. The number of carbonyl (C=O) groups is 4. The molecule has 5 atom stereocenters. The fraction of sp³-hybridized carbons (Fsp3) is 0.605. The number of nitrogens with one attached hydrogen (secondary N) is 2. The van der Waals surface area contributed by atoms with Gasteiger partial charge in [0.05, 0.1) is 40.2 Å². The van der Waals surface area contributed by atoms with Crippen LogP contribution < -0.4 is 20.1 Å². The highest BCUT2D eigenvalue weighted by Gasteiger charge is 2.68. The van der Waals surface area contributed by atoms with Crippen LogP contribution in [0.5, 0.6) is 11.5 Å². The fourth-order valence-electron chi connectivity index (χ4n) is 7.31. The van der Waals surface area contributed by atoms with Crippen molar-refractivity contribution in [1.82, 2.24) is 20.5 Å². The lowest BCUT2D eigenvalue weighted by Gasteiger charge is -2.36. The highest BCUT2D eigenvalue weighted by molar-refractivity contribution is 7.56. The second-order valence-electron chi connectivity index (χ2n) is 15.0. The number of benzene rings is 1. The first-order valence-corrected chi connectivity index (χ1v) is 20.2. The Kier molecular flexibility index (Phi) is 12.9. The van der Waals surface area contributed by atoms with Crippen LogP contribution in [0.15, 0.2) is 36.9 Å². The van der Waals surface area contributed by atoms with E-state index >= 15 is 0 Å². The Morgan fingerprint density at radius 2 is 1.80 bits per heavy atom. The second kappa shape index (κ2) is 16.8. The molecule has 1 aliphatic heterocycles. The highest BCUT2D eigenvalue weighted by Crippen LogP contribution is 2.72. The number of pyridine rings is 1. The number of hydrogen-bond acceptors (Lipinski definition) is 11. The number of carbonyl (C=O) groups excluding carboxylic acids is 4. The van der Waals surface area contributed by atoms with Crippen molar-refractivity contribution in [3.63, 3.8) is 0 Å². The summed E-state index contributed by atoms with van der Waals surface area (Å²) in [7, 11) is 3.30. The average molecular weight is 767 g/mol. The molecule has 5 rings (SSSR count). The van der Waals surface area contributed by atoms with Crippen LogP contribution in [0.2, 0.25) is 6.32 Å². The predicted molar refractivity (Wildman–Crippen MR) is 203 cm³/mol. The minimum Gasteiger partial charge on any atom is -0.497 e. The number of amides is 3. The molecule has 2 heterocycles. The molecule has 3 aliphatic rings. The van der Waals surface area contributed by atoms with Gasteiger partial charge in [-0.2, -0.15) is 0 Å². The van der Waals surface area contributed by atoms with Crippen LogP contribution in [0.25, 0.3) is 10.9 Å². The van der Waals surface area contributed by atoms with Crippen molar-refractivity contribution >= 4 is 50.0 Å². The van der Waals surface area contributed by atoms with Crippen molar-refractivity contribution in [2.45, 2.75) is 109 Å². The van der Waals surface area contributed by atoms with E-state index in [-0.39, 0.29) is 50.7 Å². The number of hydrogen-bond donors (Lipinski definition) is 2. The summed E-state index contributed by atoms with van der Waals surface area (Å²) in [6.07, 6.45) is 3.34. The molecule has 1 aromatic heterocycles. The van der Waals surface area contributed by atoms with Crippen molar-refractivity contribution in [3.05, 3.63) is 42.6 Å². The summed E-state index contributed by atoms with van der Waals surface area (Å²) < 4.78 is 43.2. The van der Waals surface area contributed by atoms with Crippen LogP contribution in [0, 0.1) is 11.3 Å². The molecule has 54 heavy (non-hydrogen) atoms. The lowest BCUT2D eigenvalue weighted by Crippen LogP contribution is -2.58. The third-order valence-electron chi connectivity index (χ3n) is 10.2. The van der Waals surface area contributed by atoms with Gasteiger partial charge in [-0.3, -0.25) is 18.9 Å². The van der Waals surface area contributed by atoms with Crippen molar-refractivity contribution in [1.29, 1.82) is 0 Å². The molecule has 0 unspecified atom stereocenters. The summed E-state index contributed by atoms with van der Waals surface area (Å²) in [6.45, 7) is 12.8. The first-order chi connectivity index (χ1) is 25.6. The molecule has 2 N–H and O–H groups in total. The van der Waals surface area contributed by atoms with Gasteiger partial charge in [-0.1, -0.05) is 26.8 Å². The molecule has 3 amide bonds. The molecular formula is C38H52BN4O10P. The average Bonchev–Trinajstić information content (AvgIpc) is 3.40. The van der Waals surface area contributed by atoms with E-state index in [1.54, 1.807) is 38.1 Å². The third-order valence-corrected chi connectivity index (χ3v) is 13.0. The van der Waals surface area contributed by atoms with Crippen LogP contribution in [0.4, 0.5) is 4.79 Å². The Balaban J connectivity index is 1.50. The standard InChI is InChI=1S/C38H52BN4O10P/c1-8-23-20-38(23,54(48,50-9-2)51-10-3)42-34(45)30-18-26(52-32-19-29(31(44)21-39)40-28-17-25(49-7)15-16-27(28)32)22-43(30)35(46)33(37(4,5)6)41-36(47)53-24-13-11-12-14-24/h8,15-17,19,23-24,26,30,33H,1,9-14,18,20-22H2,2-7H3,(H,41,47)(H,42,45)/t23-,26-,30+,33-,38+/m1/s1. The SMILES string of the molecule is [B]CC(=O)c1cc(O[C@@H]2C[C@@H](C(=O)N[C@]3(P(=O)(OCC)OCC)C[C@H]3C=C)N(C(=O)[C@@H](NC(=O)OC3CCCC3)C(C)(C)C)C2)c2ccc(OC)cc2n1. The number of rotatable bonds is 16. The molecule has 1 saturated heterocycles. The molecule has 14 nitrogen and oxygen atoms in total. The van der Waals surface area contributed by atoms with Crippen molar-refractivity contribution in [2.24, 2.45) is 11.3 Å². The van der Waals surface area contributed by atoms with Gasteiger partial charge in [0.2, 0.25) is 11.8 Å². The molecule has 2 aliphatic carbocycles. The summed E-state index contributed by atoms with van der Waals surface area (Å²) in [5.74, 6) is -1.12. The lowest BCUT2D eigenvalue weighted by molar-refractivity contribution is -0.142. The van der Waals surface area contributed by atoms with E-state index in [0.717, 1.165) is 25.7 Å². The quantitative estimate of drug-likeness (QED) is 0.0926. The van der Waals surface area contributed by atoms with Crippen LogP contribution in [-0.2, 0) is 27.9 Å². The number of ketones is 1. The summed E-state index contributed by atoms with van der Waals surface area (Å²) >= 11 is 0. The van der Waals surface area contributed by atoms with Gasteiger partial charge in [0.1, 0.15) is 46.8 Å². The summed E-state index contributed by atoms with van der Waals surface area (Å²) in [5.41, 5.74) is -0.287. The molecule has 292 valence electrons. The van der Waals surface area contributed by atoms with Gasteiger partial charge in [-0.25, -0.2) is 9.78 Å². The van der Waals surface area contributed by atoms with Gasteiger partial charge >= 0.3 is 13.7 Å². The number of alkyl carbamates (subject to hydrolysis) is 1. The van der Waals surface area contributed by atoms with Crippen LogP contribution >= 0.6 is 7.60 Å². The number of methoxy groups -OCH3 is 1.